The van der Waals surface area contributed by atoms with Gasteiger partial charge in [-0.2, -0.15) is 0 Å². The van der Waals surface area contributed by atoms with Crippen molar-refractivity contribution >= 4 is 17.7 Å². The largest absolute Gasteiger partial charge is 0.461 e. The van der Waals surface area contributed by atoms with Crippen LogP contribution in [0.4, 0.5) is 0 Å². The zero-order chi connectivity index (χ0) is 20.8. The Bertz CT molecular complexity index is 896. The molecule has 0 spiro atoms. The van der Waals surface area contributed by atoms with E-state index in [2.05, 4.69) is 0 Å². The van der Waals surface area contributed by atoms with Crippen LogP contribution in [-0.4, -0.2) is 35.6 Å². The van der Waals surface area contributed by atoms with Crippen molar-refractivity contribution in [2.45, 2.75) is 46.1 Å². The van der Waals surface area contributed by atoms with Gasteiger partial charge < -0.3 is 9.64 Å². The van der Waals surface area contributed by atoms with Gasteiger partial charge in [-0.1, -0.05) is 29.8 Å². The molecule has 5 heteroatoms. The quantitative estimate of drug-likeness (QED) is 0.521. The SMILES string of the molecule is Cc1ccc(C)c(C(=O)CCC(=O)OCc2ccc(C(=O)N3CCCC3)cc2)c1. The van der Waals surface area contributed by atoms with E-state index in [1.807, 2.05) is 36.9 Å². The van der Waals surface area contributed by atoms with Crippen LogP contribution >= 0.6 is 0 Å². The molecular formula is C24H27NO4. The number of benzene rings is 2. The molecule has 1 amide bonds. The minimum absolute atomic E-state index is 0.0482. The van der Waals surface area contributed by atoms with Crippen LogP contribution in [0.3, 0.4) is 0 Å². The first-order valence-electron chi connectivity index (χ1n) is 10.1. The van der Waals surface area contributed by atoms with Gasteiger partial charge in [0.1, 0.15) is 6.61 Å². The smallest absolute Gasteiger partial charge is 0.306 e. The number of esters is 1. The van der Waals surface area contributed by atoms with Gasteiger partial charge in [-0.25, -0.2) is 0 Å². The van der Waals surface area contributed by atoms with Gasteiger partial charge in [0.05, 0.1) is 6.42 Å². The number of hydrogen-bond donors (Lipinski definition) is 0. The molecule has 0 atom stereocenters. The van der Waals surface area contributed by atoms with Crippen LogP contribution in [-0.2, 0) is 16.1 Å². The molecule has 3 rings (SSSR count). The Morgan fingerprint density at radius 3 is 2.31 bits per heavy atom. The van der Waals surface area contributed by atoms with Gasteiger partial charge in [0.15, 0.2) is 5.78 Å². The summed E-state index contributed by atoms with van der Waals surface area (Å²) in [5, 5.41) is 0. The maximum atomic E-state index is 12.4. The van der Waals surface area contributed by atoms with Gasteiger partial charge in [-0.05, 0) is 56.0 Å². The number of ketones is 1. The average Bonchev–Trinajstić information content (AvgIpc) is 3.27. The third kappa shape index (κ3) is 5.53. The predicted octanol–water partition coefficient (Wildman–Crippen LogP) is 4.25. The van der Waals surface area contributed by atoms with Crippen molar-refractivity contribution in [2.75, 3.05) is 13.1 Å². The molecule has 2 aromatic carbocycles. The molecule has 5 nitrogen and oxygen atoms in total. The molecule has 1 heterocycles. The fourth-order valence-electron chi connectivity index (χ4n) is 3.47. The Morgan fingerprint density at radius 1 is 0.931 bits per heavy atom. The van der Waals surface area contributed by atoms with Crippen molar-refractivity contribution in [2.24, 2.45) is 0 Å². The number of nitrogens with zero attached hydrogens (tertiary/aromatic N) is 1. The van der Waals surface area contributed by atoms with E-state index in [9.17, 15) is 14.4 Å². The molecule has 1 saturated heterocycles. The molecule has 0 N–H and O–H groups in total. The fourth-order valence-corrected chi connectivity index (χ4v) is 3.47. The number of amides is 1. The van der Waals surface area contributed by atoms with Gasteiger partial charge >= 0.3 is 5.97 Å². The van der Waals surface area contributed by atoms with Gasteiger partial charge in [-0.15, -0.1) is 0 Å². The minimum atomic E-state index is -0.402. The predicted molar refractivity (Wildman–Crippen MR) is 111 cm³/mol. The van der Waals surface area contributed by atoms with Gasteiger partial charge in [0.2, 0.25) is 0 Å². The lowest BCUT2D eigenvalue weighted by Gasteiger charge is -2.15. The minimum Gasteiger partial charge on any atom is -0.461 e. The van der Waals surface area contributed by atoms with Crippen LogP contribution in [0.15, 0.2) is 42.5 Å². The highest BCUT2D eigenvalue weighted by Crippen LogP contribution is 2.16. The fraction of sp³-hybridized carbons (Fsp3) is 0.375. The van der Waals surface area contributed by atoms with E-state index < -0.39 is 5.97 Å². The molecule has 0 saturated carbocycles. The lowest BCUT2D eigenvalue weighted by atomic mass is 9.99. The van der Waals surface area contributed by atoms with E-state index in [1.165, 1.54) is 0 Å². The Morgan fingerprint density at radius 2 is 1.62 bits per heavy atom. The lowest BCUT2D eigenvalue weighted by Crippen LogP contribution is -2.27. The average molecular weight is 393 g/mol. The van der Waals surface area contributed by atoms with Crippen molar-refractivity contribution < 1.29 is 19.1 Å². The summed E-state index contributed by atoms with van der Waals surface area (Å²) in [5.74, 6) is -0.398. The summed E-state index contributed by atoms with van der Waals surface area (Å²) in [6.07, 6.45) is 2.31. The van der Waals surface area contributed by atoms with E-state index in [4.69, 9.17) is 4.74 Å². The van der Waals surface area contributed by atoms with E-state index in [0.717, 1.165) is 42.6 Å². The van der Waals surface area contributed by atoms with Crippen LogP contribution in [0.2, 0.25) is 0 Å². The summed E-state index contributed by atoms with van der Waals surface area (Å²) in [4.78, 5) is 38.6. The summed E-state index contributed by atoms with van der Waals surface area (Å²) in [6, 6.07) is 12.9. The lowest BCUT2D eigenvalue weighted by molar-refractivity contribution is -0.144. The van der Waals surface area contributed by atoms with Crippen LogP contribution in [0.5, 0.6) is 0 Å². The number of Topliss-reactive ketones (excluding diaryl/α,β-unsaturated/α-hetero) is 1. The number of carbonyl (C=O) groups is 3. The Balaban J connectivity index is 1.46. The number of carbonyl (C=O) groups excluding carboxylic acids is 3. The second kappa shape index (κ2) is 9.50. The first kappa shape index (κ1) is 20.8. The van der Waals surface area contributed by atoms with Gasteiger partial charge in [-0.3, -0.25) is 14.4 Å². The highest BCUT2D eigenvalue weighted by Gasteiger charge is 2.19. The van der Waals surface area contributed by atoms with Crippen molar-refractivity contribution in [1.82, 2.24) is 4.90 Å². The molecule has 29 heavy (non-hydrogen) atoms. The Hall–Kier alpha value is -2.95. The summed E-state index contributed by atoms with van der Waals surface area (Å²) in [5.41, 5.74) is 4.07. The number of rotatable bonds is 7. The van der Waals surface area contributed by atoms with Crippen LogP contribution in [0.25, 0.3) is 0 Å². The topological polar surface area (TPSA) is 63.7 Å². The zero-order valence-electron chi connectivity index (χ0n) is 17.1. The molecule has 152 valence electrons. The second-order valence-corrected chi connectivity index (χ2v) is 7.60. The maximum absolute atomic E-state index is 12.4. The number of aryl methyl sites for hydroxylation is 2. The van der Waals surface area contributed by atoms with Crippen molar-refractivity contribution in [3.8, 4) is 0 Å². The molecule has 1 aliphatic rings. The van der Waals surface area contributed by atoms with Crippen molar-refractivity contribution in [3.63, 3.8) is 0 Å². The van der Waals surface area contributed by atoms with Crippen LogP contribution in [0.1, 0.15) is 63.1 Å². The van der Waals surface area contributed by atoms with Crippen molar-refractivity contribution in [3.05, 3.63) is 70.3 Å². The summed E-state index contributed by atoms with van der Waals surface area (Å²) in [6.45, 7) is 5.60. The van der Waals surface area contributed by atoms with Gasteiger partial charge in [0, 0.05) is 30.6 Å². The summed E-state index contributed by atoms with van der Waals surface area (Å²) >= 11 is 0. The van der Waals surface area contributed by atoms with E-state index in [-0.39, 0.29) is 31.1 Å². The summed E-state index contributed by atoms with van der Waals surface area (Å²) in [7, 11) is 0. The molecule has 1 aliphatic heterocycles. The zero-order valence-corrected chi connectivity index (χ0v) is 17.1. The highest BCUT2D eigenvalue weighted by molar-refractivity contribution is 5.99. The molecule has 0 radical (unpaired) electrons. The van der Waals surface area contributed by atoms with Crippen LogP contribution in [0, 0.1) is 13.8 Å². The molecule has 2 aromatic rings. The van der Waals surface area contributed by atoms with E-state index in [0.29, 0.717) is 11.1 Å². The maximum Gasteiger partial charge on any atom is 0.306 e. The van der Waals surface area contributed by atoms with E-state index in [1.54, 1.807) is 24.3 Å². The second-order valence-electron chi connectivity index (χ2n) is 7.60. The van der Waals surface area contributed by atoms with E-state index >= 15 is 0 Å². The first-order valence-corrected chi connectivity index (χ1v) is 10.1. The highest BCUT2D eigenvalue weighted by atomic mass is 16.5. The number of likely N-dealkylation sites (tertiary alicyclic amines) is 1. The molecule has 0 unspecified atom stereocenters. The normalized spacial score (nSPS) is 13.4. The molecule has 0 aromatic heterocycles. The third-order valence-corrected chi connectivity index (χ3v) is 5.24. The Kier molecular flexibility index (Phi) is 6.81. The van der Waals surface area contributed by atoms with Crippen LogP contribution < -0.4 is 0 Å². The van der Waals surface area contributed by atoms with Gasteiger partial charge in [0.25, 0.3) is 5.91 Å². The van der Waals surface area contributed by atoms with Crippen molar-refractivity contribution in [1.29, 1.82) is 0 Å². The molecule has 0 bridgehead atoms. The third-order valence-electron chi connectivity index (χ3n) is 5.24. The monoisotopic (exact) mass is 393 g/mol. The molecule has 0 aliphatic carbocycles. The summed E-state index contributed by atoms with van der Waals surface area (Å²) < 4.78 is 5.28. The molecular weight excluding hydrogens is 366 g/mol. The standard InChI is InChI=1S/C24H27NO4/c1-17-5-6-18(2)21(15-17)22(26)11-12-23(27)29-16-19-7-9-20(10-8-19)24(28)25-13-3-4-14-25/h5-10,15H,3-4,11-14,16H2,1-2H3. The first-order chi connectivity index (χ1) is 13.9. The number of ether oxygens (including phenoxy) is 1. The Labute approximate surface area is 171 Å². The molecule has 1 fully saturated rings. The number of hydrogen-bond acceptors (Lipinski definition) is 4.